The number of rotatable bonds is 4. The maximum absolute atomic E-state index is 5.84. The minimum Gasteiger partial charge on any atom is -0.399 e. The number of nitrogen functional groups attached to an aromatic ring is 1. The molecule has 0 saturated heterocycles. The fraction of sp³-hybridized carbons (Fsp3) is 0.462. The van der Waals surface area contributed by atoms with Crippen LogP contribution in [0.1, 0.15) is 25.7 Å². The van der Waals surface area contributed by atoms with Crippen LogP contribution in [0.4, 0.5) is 5.69 Å². The first kappa shape index (κ1) is 11.9. The van der Waals surface area contributed by atoms with Crippen LogP contribution >= 0.6 is 0 Å². The first-order chi connectivity index (χ1) is 8.13. The molecule has 0 radical (unpaired) electrons. The average Bonchev–Trinajstić information content (AvgIpc) is 2.63. The minimum atomic E-state index is 0.369. The Kier molecular flexibility index (Phi) is 3.33. The molecule has 0 amide bonds. The molecule has 0 spiro atoms. The van der Waals surface area contributed by atoms with Gasteiger partial charge in [-0.05, 0) is 32.0 Å². The van der Waals surface area contributed by atoms with Crippen molar-refractivity contribution in [2.24, 2.45) is 0 Å². The molecule has 0 fully saturated rings. The highest BCUT2D eigenvalue weighted by molar-refractivity contribution is 5.79. The van der Waals surface area contributed by atoms with Crippen molar-refractivity contribution in [3.05, 3.63) is 24.0 Å². The fourth-order valence-corrected chi connectivity index (χ4v) is 2.11. The molecule has 0 aliphatic heterocycles. The first-order valence-electron chi connectivity index (χ1n) is 5.88. The summed E-state index contributed by atoms with van der Waals surface area (Å²) in [5.41, 5.74) is 8.71. The standard InChI is InChI=1S/C13H19N3O/c1-9(2)16-12-8-10(14)4-5-11(12)15-13(16)6-7-17-3/h4-5,8-9H,6-7,14H2,1-3H3. The number of benzene rings is 1. The predicted octanol–water partition coefficient (Wildman–Crippen LogP) is 2.39. The van der Waals surface area contributed by atoms with Crippen molar-refractivity contribution >= 4 is 16.7 Å². The molecule has 0 aliphatic rings. The van der Waals surface area contributed by atoms with Crippen molar-refractivity contribution in [3.8, 4) is 0 Å². The lowest BCUT2D eigenvalue weighted by Gasteiger charge is -2.12. The first-order valence-corrected chi connectivity index (χ1v) is 5.88. The summed E-state index contributed by atoms with van der Waals surface area (Å²) in [5, 5.41) is 0. The Hall–Kier alpha value is -1.55. The van der Waals surface area contributed by atoms with Gasteiger partial charge in [-0.2, -0.15) is 0 Å². The van der Waals surface area contributed by atoms with E-state index in [9.17, 15) is 0 Å². The van der Waals surface area contributed by atoms with E-state index >= 15 is 0 Å². The second kappa shape index (κ2) is 4.75. The smallest absolute Gasteiger partial charge is 0.112 e. The highest BCUT2D eigenvalue weighted by atomic mass is 16.5. The van der Waals surface area contributed by atoms with Crippen LogP contribution in [-0.2, 0) is 11.2 Å². The van der Waals surface area contributed by atoms with Gasteiger partial charge in [0.2, 0.25) is 0 Å². The van der Waals surface area contributed by atoms with Crippen LogP contribution in [0.2, 0.25) is 0 Å². The number of nitrogens with two attached hydrogens (primary N) is 1. The molecule has 2 aromatic rings. The van der Waals surface area contributed by atoms with Crippen molar-refractivity contribution in [3.63, 3.8) is 0 Å². The van der Waals surface area contributed by atoms with Gasteiger partial charge in [-0.25, -0.2) is 4.98 Å². The van der Waals surface area contributed by atoms with Crippen molar-refractivity contribution in [2.45, 2.75) is 26.3 Å². The van der Waals surface area contributed by atoms with E-state index in [1.165, 1.54) is 0 Å². The summed E-state index contributed by atoms with van der Waals surface area (Å²) in [5.74, 6) is 1.06. The van der Waals surface area contributed by atoms with Gasteiger partial charge >= 0.3 is 0 Å². The maximum Gasteiger partial charge on any atom is 0.112 e. The largest absolute Gasteiger partial charge is 0.399 e. The summed E-state index contributed by atoms with van der Waals surface area (Å²) in [6, 6.07) is 6.21. The van der Waals surface area contributed by atoms with E-state index in [1.807, 2.05) is 18.2 Å². The van der Waals surface area contributed by atoms with E-state index in [4.69, 9.17) is 10.5 Å². The Morgan fingerprint density at radius 1 is 1.41 bits per heavy atom. The van der Waals surface area contributed by atoms with E-state index in [1.54, 1.807) is 7.11 Å². The topological polar surface area (TPSA) is 53.1 Å². The molecule has 0 saturated carbocycles. The third kappa shape index (κ3) is 2.26. The SMILES string of the molecule is COCCc1nc2ccc(N)cc2n1C(C)C. The summed E-state index contributed by atoms with van der Waals surface area (Å²) >= 11 is 0. The number of imidazole rings is 1. The van der Waals surface area contributed by atoms with Crippen LogP contribution in [-0.4, -0.2) is 23.3 Å². The molecular formula is C13H19N3O. The second-order valence-corrected chi connectivity index (χ2v) is 4.48. The van der Waals surface area contributed by atoms with Crippen molar-refractivity contribution < 1.29 is 4.74 Å². The van der Waals surface area contributed by atoms with E-state index < -0.39 is 0 Å². The molecule has 17 heavy (non-hydrogen) atoms. The predicted molar refractivity (Wildman–Crippen MR) is 70.1 cm³/mol. The third-order valence-electron chi connectivity index (χ3n) is 2.83. The lowest BCUT2D eigenvalue weighted by Crippen LogP contribution is -2.08. The zero-order valence-electron chi connectivity index (χ0n) is 10.6. The highest BCUT2D eigenvalue weighted by Crippen LogP contribution is 2.23. The fourth-order valence-electron chi connectivity index (χ4n) is 2.11. The molecule has 2 rings (SSSR count). The lowest BCUT2D eigenvalue weighted by atomic mass is 10.2. The monoisotopic (exact) mass is 233 g/mol. The highest BCUT2D eigenvalue weighted by Gasteiger charge is 2.12. The quantitative estimate of drug-likeness (QED) is 0.825. The number of fused-ring (bicyclic) bond motifs is 1. The van der Waals surface area contributed by atoms with Crippen molar-refractivity contribution in [2.75, 3.05) is 19.5 Å². The van der Waals surface area contributed by atoms with Gasteiger partial charge in [-0.1, -0.05) is 0 Å². The Labute approximate surface area is 101 Å². The molecule has 1 heterocycles. The van der Waals surface area contributed by atoms with E-state index in [0.717, 1.165) is 29.0 Å². The molecule has 92 valence electrons. The summed E-state index contributed by atoms with van der Waals surface area (Å²) in [6.07, 6.45) is 0.823. The third-order valence-corrected chi connectivity index (χ3v) is 2.83. The number of anilines is 1. The maximum atomic E-state index is 5.84. The molecular weight excluding hydrogens is 214 g/mol. The summed E-state index contributed by atoms with van der Waals surface area (Å²) in [7, 11) is 1.71. The second-order valence-electron chi connectivity index (χ2n) is 4.48. The van der Waals surface area contributed by atoms with Gasteiger partial charge in [0.05, 0.1) is 17.6 Å². The van der Waals surface area contributed by atoms with Gasteiger partial charge in [-0.3, -0.25) is 0 Å². The molecule has 2 N–H and O–H groups in total. The van der Waals surface area contributed by atoms with Crippen LogP contribution in [0.25, 0.3) is 11.0 Å². The summed E-state index contributed by atoms with van der Waals surface area (Å²) in [6.45, 7) is 4.99. The molecule has 0 unspecified atom stereocenters. The van der Waals surface area contributed by atoms with Crippen LogP contribution in [0.3, 0.4) is 0 Å². The van der Waals surface area contributed by atoms with E-state index in [-0.39, 0.29) is 0 Å². The lowest BCUT2D eigenvalue weighted by molar-refractivity contribution is 0.199. The number of nitrogens with zero attached hydrogens (tertiary/aromatic N) is 2. The van der Waals surface area contributed by atoms with E-state index in [0.29, 0.717) is 12.6 Å². The van der Waals surface area contributed by atoms with Crippen LogP contribution < -0.4 is 5.73 Å². The summed E-state index contributed by atoms with van der Waals surface area (Å²) < 4.78 is 7.35. The summed E-state index contributed by atoms with van der Waals surface area (Å²) in [4.78, 5) is 4.64. The number of methoxy groups -OCH3 is 1. The molecule has 0 bridgehead atoms. The number of ether oxygens (including phenoxy) is 1. The Morgan fingerprint density at radius 3 is 2.82 bits per heavy atom. The number of aromatic nitrogens is 2. The van der Waals surface area contributed by atoms with Crippen molar-refractivity contribution in [1.82, 2.24) is 9.55 Å². The van der Waals surface area contributed by atoms with Crippen LogP contribution in [0.5, 0.6) is 0 Å². The van der Waals surface area contributed by atoms with Gasteiger partial charge in [0.25, 0.3) is 0 Å². The van der Waals surface area contributed by atoms with E-state index in [2.05, 4.69) is 23.4 Å². The van der Waals surface area contributed by atoms with Crippen molar-refractivity contribution in [1.29, 1.82) is 0 Å². The Bertz CT molecular complexity index is 517. The zero-order chi connectivity index (χ0) is 12.4. The number of hydrogen-bond acceptors (Lipinski definition) is 3. The molecule has 0 atom stereocenters. The minimum absolute atomic E-state index is 0.369. The molecule has 1 aromatic carbocycles. The van der Waals surface area contributed by atoms with Gasteiger partial charge in [0, 0.05) is 25.3 Å². The average molecular weight is 233 g/mol. The number of hydrogen-bond donors (Lipinski definition) is 1. The molecule has 0 aliphatic carbocycles. The van der Waals surface area contributed by atoms with Gasteiger partial charge in [0.1, 0.15) is 5.82 Å². The van der Waals surface area contributed by atoms with Crippen LogP contribution in [0, 0.1) is 0 Å². The van der Waals surface area contributed by atoms with Gasteiger partial charge < -0.3 is 15.0 Å². The molecule has 4 nitrogen and oxygen atoms in total. The Balaban J connectivity index is 2.54. The normalized spacial score (nSPS) is 11.5. The molecule has 1 aromatic heterocycles. The molecule has 4 heteroatoms. The Morgan fingerprint density at radius 2 is 2.18 bits per heavy atom. The zero-order valence-corrected chi connectivity index (χ0v) is 10.6. The van der Waals surface area contributed by atoms with Crippen LogP contribution in [0.15, 0.2) is 18.2 Å². The van der Waals surface area contributed by atoms with Gasteiger partial charge in [-0.15, -0.1) is 0 Å². The van der Waals surface area contributed by atoms with Gasteiger partial charge in [0.15, 0.2) is 0 Å².